The van der Waals surface area contributed by atoms with E-state index in [-0.39, 0.29) is 18.6 Å². The Hall–Kier alpha value is -0.0800. The Morgan fingerprint density at radius 2 is 2.00 bits per heavy atom. The Morgan fingerprint density at radius 1 is 1.25 bits per heavy atom. The van der Waals surface area contributed by atoms with Crippen LogP contribution in [0.3, 0.4) is 0 Å². The molecule has 2 rings (SSSR count). The molecule has 0 amide bonds. The van der Waals surface area contributed by atoms with Gasteiger partial charge in [0, 0.05) is 13.2 Å². The van der Waals surface area contributed by atoms with Crippen LogP contribution in [-0.2, 0) is 0 Å². The maximum absolute atomic E-state index is 9.68. The quantitative estimate of drug-likeness (QED) is 0.776. The molecule has 2 aliphatic rings. The molecule has 2 aliphatic carbocycles. The first-order valence-electron chi connectivity index (χ1n) is 6.78. The van der Waals surface area contributed by atoms with E-state index in [4.69, 9.17) is 0 Å². The summed E-state index contributed by atoms with van der Waals surface area (Å²) in [5, 5.41) is 18.9. The molecule has 0 saturated heterocycles. The number of aliphatic hydroxyl groups is 2. The number of hydrogen-bond acceptors (Lipinski definition) is 2. The Kier molecular flexibility index (Phi) is 3.33. The van der Waals surface area contributed by atoms with Crippen LogP contribution >= 0.6 is 0 Å². The molecule has 0 radical (unpaired) electrons. The second-order valence-electron chi connectivity index (χ2n) is 6.55. The van der Waals surface area contributed by atoms with Gasteiger partial charge in [0.2, 0.25) is 0 Å². The van der Waals surface area contributed by atoms with Crippen molar-refractivity contribution in [1.29, 1.82) is 0 Å². The molecule has 2 N–H and O–H groups in total. The van der Waals surface area contributed by atoms with Crippen LogP contribution < -0.4 is 0 Å². The van der Waals surface area contributed by atoms with Gasteiger partial charge in [-0.3, -0.25) is 0 Å². The highest BCUT2D eigenvalue weighted by atomic mass is 16.3. The van der Waals surface area contributed by atoms with E-state index in [0.29, 0.717) is 5.41 Å². The highest BCUT2D eigenvalue weighted by molar-refractivity contribution is 5.04. The summed E-state index contributed by atoms with van der Waals surface area (Å²) in [6.07, 6.45) is 7.04. The molecule has 0 spiro atoms. The first kappa shape index (κ1) is 12.4. The second-order valence-corrected chi connectivity index (χ2v) is 6.55. The molecule has 0 aliphatic heterocycles. The fourth-order valence-corrected chi connectivity index (χ4v) is 4.42. The Morgan fingerprint density at radius 3 is 2.56 bits per heavy atom. The van der Waals surface area contributed by atoms with Crippen LogP contribution in [0.1, 0.15) is 52.4 Å². The predicted octanol–water partition coefficient (Wildman–Crippen LogP) is 2.58. The van der Waals surface area contributed by atoms with Crippen LogP contribution in [0.25, 0.3) is 0 Å². The van der Waals surface area contributed by atoms with Gasteiger partial charge in [-0.2, -0.15) is 0 Å². The summed E-state index contributed by atoms with van der Waals surface area (Å²) in [5.41, 5.74) is 0.433. The third kappa shape index (κ3) is 1.80. The van der Waals surface area contributed by atoms with E-state index in [1.165, 1.54) is 19.3 Å². The highest BCUT2D eigenvalue weighted by Crippen LogP contribution is 2.62. The Bertz CT molecular complexity index is 253. The lowest BCUT2D eigenvalue weighted by Crippen LogP contribution is -2.34. The van der Waals surface area contributed by atoms with Gasteiger partial charge in [-0.15, -0.1) is 0 Å². The molecule has 4 unspecified atom stereocenters. The van der Waals surface area contributed by atoms with Gasteiger partial charge < -0.3 is 10.2 Å². The summed E-state index contributed by atoms with van der Waals surface area (Å²) in [4.78, 5) is 0. The standard InChI is InChI=1S/C14H26O2/c1-11-4-3-5-12-8-14(10-16,6-7-15)9-13(11,12)2/h11-12,15-16H,3-10H2,1-2H3. The topological polar surface area (TPSA) is 40.5 Å². The smallest absolute Gasteiger partial charge is 0.0488 e. The van der Waals surface area contributed by atoms with E-state index in [2.05, 4.69) is 13.8 Å². The number of fused-ring (bicyclic) bond motifs is 1. The molecule has 2 nitrogen and oxygen atoms in total. The van der Waals surface area contributed by atoms with Gasteiger partial charge in [0.25, 0.3) is 0 Å². The van der Waals surface area contributed by atoms with Gasteiger partial charge in [0.1, 0.15) is 0 Å². The van der Waals surface area contributed by atoms with Crippen molar-refractivity contribution in [2.45, 2.75) is 52.4 Å². The largest absolute Gasteiger partial charge is 0.396 e. The zero-order valence-corrected chi connectivity index (χ0v) is 10.7. The fraction of sp³-hybridized carbons (Fsp3) is 1.00. The van der Waals surface area contributed by atoms with Crippen LogP contribution in [0.4, 0.5) is 0 Å². The summed E-state index contributed by atoms with van der Waals surface area (Å²) in [6.45, 7) is 5.26. The van der Waals surface area contributed by atoms with Crippen molar-refractivity contribution in [1.82, 2.24) is 0 Å². The SMILES string of the molecule is CC1CCCC2CC(CO)(CCO)CC12C. The molecule has 0 heterocycles. The molecule has 0 aromatic rings. The molecule has 0 aromatic carbocycles. The van der Waals surface area contributed by atoms with Gasteiger partial charge in [-0.05, 0) is 48.3 Å². The molecule has 0 bridgehead atoms. The monoisotopic (exact) mass is 226 g/mol. The third-order valence-electron chi connectivity index (χ3n) is 5.66. The fourth-order valence-electron chi connectivity index (χ4n) is 4.42. The van der Waals surface area contributed by atoms with E-state index in [0.717, 1.165) is 31.1 Å². The van der Waals surface area contributed by atoms with Gasteiger partial charge >= 0.3 is 0 Å². The maximum Gasteiger partial charge on any atom is 0.0488 e. The molecule has 94 valence electrons. The van der Waals surface area contributed by atoms with Crippen LogP contribution in [0.2, 0.25) is 0 Å². The van der Waals surface area contributed by atoms with Crippen molar-refractivity contribution >= 4 is 0 Å². The van der Waals surface area contributed by atoms with Crippen LogP contribution in [0.5, 0.6) is 0 Å². The molecule has 2 heteroatoms. The second kappa shape index (κ2) is 4.30. The maximum atomic E-state index is 9.68. The van der Waals surface area contributed by atoms with E-state index in [1.807, 2.05) is 0 Å². The first-order valence-corrected chi connectivity index (χ1v) is 6.78. The Labute approximate surface area is 99.1 Å². The summed E-state index contributed by atoms with van der Waals surface area (Å²) in [7, 11) is 0. The molecular weight excluding hydrogens is 200 g/mol. The van der Waals surface area contributed by atoms with Gasteiger partial charge in [0.15, 0.2) is 0 Å². The first-order chi connectivity index (χ1) is 7.56. The minimum absolute atomic E-state index is 0.0206. The number of aliphatic hydroxyl groups excluding tert-OH is 2. The van der Waals surface area contributed by atoms with E-state index in [1.54, 1.807) is 0 Å². The summed E-state index contributed by atoms with van der Waals surface area (Å²) in [6, 6.07) is 0. The van der Waals surface area contributed by atoms with Crippen molar-refractivity contribution < 1.29 is 10.2 Å². The van der Waals surface area contributed by atoms with E-state index in [9.17, 15) is 10.2 Å². The zero-order valence-electron chi connectivity index (χ0n) is 10.7. The van der Waals surface area contributed by atoms with E-state index < -0.39 is 0 Å². The average Bonchev–Trinajstić information content (AvgIpc) is 2.55. The molecule has 2 fully saturated rings. The lowest BCUT2D eigenvalue weighted by molar-refractivity contribution is 0.0587. The van der Waals surface area contributed by atoms with Crippen molar-refractivity contribution in [3.8, 4) is 0 Å². The number of rotatable bonds is 3. The molecular formula is C14H26O2. The van der Waals surface area contributed by atoms with Gasteiger partial charge in [-0.25, -0.2) is 0 Å². The zero-order chi connectivity index (χ0) is 11.8. The lowest BCUT2D eigenvalue weighted by atomic mass is 9.63. The van der Waals surface area contributed by atoms with Crippen molar-refractivity contribution in [2.75, 3.05) is 13.2 Å². The van der Waals surface area contributed by atoms with Crippen LogP contribution in [0.15, 0.2) is 0 Å². The van der Waals surface area contributed by atoms with Crippen LogP contribution in [-0.4, -0.2) is 23.4 Å². The molecule has 0 aromatic heterocycles. The van der Waals surface area contributed by atoms with Gasteiger partial charge in [0.05, 0.1) is 0 Å². The highest BCUT2D eigenvalue weighted by Gasteiger charge is 2.54. The summed E-state index contributed by atoms with van der Waals surface area (Å²) < 4.78 is 0. The van der Waals surface area contributed by atoms with Crippen molar-refractivity contribution in [3.05, 3.63) is 0 Å². The van der Waals surface area contributed by atoms with Gasteiger partial charge in [-0.1, -0.05) is 26.7 Å². The number of hydrogen-bond donors (Lipinski definition) is 2. The average molecular weight is 226 g/mol. The Balaban J connectivity index is 2.19. The minimum Gasteiger partial charge on any atom is -0.396 e. The lowest BCUT2D eigenvalue weighted by Gasteiger charge is -2.42. The minimum atomic E-state index is 0.0206. The van der Waals surface area contributed by atoms with E-state index >= 15 is 0 Å². The van der Waals surface area contributed by atoms with Crippen LogP contribution in [0, 0.1) is 22.7 Å². The summed E-state index contributed by atoms with van der Waals surface area (Å²) in [5.74, 6) is 1.55. The van der Waals surface area contributed by atoms with Crippen molar-refractivity contribution in [3.63, 3.8) is 0 Å². The predicted molar refractivity (Wildman–Crippen MR) is 65.1 cm³/mol. The third-order valence-corrected chi connectivity index (χ3v) is 5.66. The molecule has 16 heavy (non-hydrogen) atoms. The summed E-state index contributed by atoms with van der Waals surface area (Å²) >= 11 is 0. The normalized spacial score (nSPS) is 48.0. The van der Waals surface area contributed by atoms with Crippen molar-refractivity contribution in [2.24, 2.45) is 22.7 Å². The molecule has 4 atom stereocenters. The molecule has 2 saturated carbocycles.